The van der Waals surface area contributed by atoms with Crippen molar-refractivity contribution in [2.45, 2.75) is 32.1 Å². The third kappa shape index (κ3) is 2.23. The third-order valence-corrected chi connectivity index (χ3v) is 4.13. The number of hydrogen-bond acceptors (Lipinski definition) is 2. The minimum atomic E-state index is 0.0884. The van der Waals surface area contributed by atoms with Gasteiger partial charge < -0.3 is 5.11 Å². The maximum atomic E-state index is 12.7. The van der Waals surface area contributed by atoms with Crippen LogP contribution in [0, 0.1) is 5.92 Å². The highest BCUT2D eigenvalue weighted by Crippen LogP contribution is 2.33. The minimum absolute atomic E-state index is 0.0884. The van der Waals surface area contributed by atoms with Gasteiger partial charge in [-0.1, -0.05) is 49.6 Å². The van der Waals surface area contributed by atoms with Crippen molar-refractivity contribution >= 4 is 16.6 Å². The highest BCUT2D eigenvalue weighted by Gasteiger charge is 2.25. The minimum Gasteiger partial charge on any atom is -0.507 e. The first-order valence-corrected chi connectivity index (χ1v) is 7.02. The van der Waals surface area contributed by atoms with Gasteiger partial charge in [-0.05, 0) is 29.7 Å². The van der Waals surface area contributed by atoms with Crippen LogP contribution in [0.1, 0.15) is 42.5 Å². The van der Waals surface area contributed by atoms with E-state index >= 15 is 0 Å². The molecule has 2 heteroatoms. The molecule has 2 nitrogen and oxygen atoms in total. The number of carbonyl (C=O) groups is 1. The van der Waals surface area contributed by atoms with Crippen molar-refractivity contribution < 1.29 is 9.90 Å². The van der Waals surface area contributed by atoms with Crippen LogP contribution in [-0.4, -0.2) is 10.9 Å². The van der Waals surface area contributed by atoms with E-state index in [9.17, 15) is 9.90 Å². The van der Waals surface area contributed by atoms with Gasteiger partial charge in [0.1, 0.15) is 5.75 Å². The molecule has 2 aromatic rings. The van der Waals surface area contributed by atoms with E-state index in [-0.39, 0.29) is 17.5 Å². The molecule has 3 rings (SSSR count). The zero-order valence-electron chi connectivity index (χ0n) is 10.9. The Hall–Kier alpha value is -1.83. The molecule has 1 fully saturated rings. The number of phenolic OH excluding ortho intramolecular Hbond substituents is 1. The second-order valence-electron chi connectivity index (χ2n) is 5.38. The van der Waals surface area contributed by atoms with Gasteiger partial charge in [-0.2, -0.15) is 0 Å². The van der Waals surface area contributed by atoms with Crippen LogP contribution in [0.15, 0.2) is 36.4 Å². The Bertz CT molecular complexity index is 610. The molecule has 0 bridgehead atoms. The van der Waals surface area contributed by atoms with Gasteiger partial charge in [0.2, 0.25) is 0 Å². The Morgan fingerprint density at radius 1 is 1.00 bits per heavy atom. The Kier molecular flexibility index (Phi) is 3.24. The zero-order valence-corrected chi connectivity index (χ0v) is 10.9. The predicted molar refractivity (Wildman–Crippen MR) is 76.5 cm³/mol. The lowest BCUT2D eigenvalue weighted by atomic mass is 9.82. The molecule has 2 aromatic carbocycles. The largest absolute Gasteiger partial charge is 0.507 e. The molecular formula is C17H18O2. The predicted octanol–water partition coefficient (Wildman–Crippen LogP) is 4.31. The van der Waals surface area contributed by atoms with Crippen LogP contribution in [0.4, 0.5) is 0 Å². The van der Waals surface area contributed by atoms with Gasteiger partial charge in [0, 0.05) is 5.92 Å². The molecule has 98 valence electrons. The molecule has 0 amide bonds. The monoisotopic (exact) mass is 254 g/mol. The quantitative estimate of drug-likeness (QED) is 0.811. The number of benzene rings is 2. The summed E-state index contributed by atoms with van der Waals surface area (Å²) in [6.45, 7) is 0. The van der Waals surface area contributed by atoms with Gasteiger partial charge in [-0.3, -0.25) is 4.79 Å². The molecule has 0 aliphatic heterocycles. The van der Waals surface area contributed by atoms with Crippen molar-refractivity contribution in [3.8, 4) is 5.75 Å². The summed E-state index contributed by atoms with van der Waals surface area (Å²) in [5.74, 6) is 0.328. The Labute approximate surface area is 113 Å². The average Bonchev–Trinajstić information content (AvgIpc) is 2.47. The second-order valence-corrected chi connectivity index (χ2v) is 5.38. The fraction of sp³-hybridized carbons (Fsp3) is 0.353. The van der Waals surface area contributed by atoms with Crippen LogP contribution in [0.5, 0.6) is 5.75 Å². The van der Waals surface area contributed by atoms with E-state index in [0.29, 0.717) is 5.56 Å². The number of ketones is 1. The van der Waals surface area contributed by atoms with E-state index in [1.54, 1.807) is 6.07 Å². The van der Waals surface area contributed by atoms with E-state index in [2.05, 4.69) is 0 Å². The maximum absolute atomic E-state index is 12.7. The fourth-order valence-corrected chi connectivity index (χ4v) is 3.09. The van der Waals surface area contributed by atoms with E-state index in [1.807, 2.05) is 30.3 Å². The molecular weight excluding hydrogens is 236 g/mol. The smallest absolute Gasteiger partial charge is 0.170 e. The lowest BCUT2D eigenvalue weighted by Crippen LogP contribution is -2.18. The lowest BCUT2D eigenvalue weighted by Gasteiger charge is -2.21. The lowest BCUT2D eigenvalue weighted by molar-refractivity contribution is 0.0888. The molecule has 0 aromatic heterocycles. The molecule has 1 N–H and O–H groups in total. The number of hydrogen-bond donors (Lipinski definition) is 1. The van der Waals surface area contributed by atoms with E-state index < -0.39 is 0 Å². The first kappa shape index (κ1) is 12.2. The number of phenols is 1. The molecule has 0 saturated heterocycles. The number of fused-ring (bicyclic) bond motifs is 1. The van der Waals surface area contributed by atoms with Crippen LogP contribution >= 0.6 is 0 Å². The highest BCUT2D eigenvalue weighted by atomic mass is 16.3. The molecule has 1 aliphatic carbocycles. The highest BCUT2D eigenvalue weighted by molar-refractivity contribution is 6.11. The normalized spacial score (nSPS) is 16.6. The van der Waals surface area contributed by atoms with Crippen LogP contribution in [0.25, 0.3) is 10.8 Å². The van der Waals surface area contributed by atoms with Gasteiger partial charge in [0.05, 0.1) is 5.56 Å². The first-order chi connectivity index (χ1) is 9.27. The average molecular weight is 254 g/mol. The Morgan fingerprint density at radius 3 is 2.53 bits per heavy atom. The summed E-state index contributed by atoms with van der Waals surface area (Å²) in [7, 11) is 0. The summed E-state index contributed by atoms with van der Waals surface area (Å²) in [5, 5.41) is 12.0. The second kappa shape index (κ2) is 5.04. The van der Waals surface area contributed by atoms with Crippen molar-refractivity contribution in [2.24, 2.45) is 5.92 Å². The van der Waals surface area contributed by atoms with Gasteiger partial charge in [-0.25, -0.2) is 0 Å². The summed E-state index contributed by atoms with van der Waals surface area (Å²) < 4.78 is 0. The van der Waals surface area contributed by atoms with E-state index in [1.165, 1.54) is 6.42 Å². The maximum Gasteiger partial charge on any atom is 0.170 e. The Balaban J connectivity index is 2.08. The molecule has 0 spiro atoms. The van der Waals surface area contributed by atoms with Crippen LogP contribution in [-0.2, 0) is 0 Å². The molecule has 19 heavy (non-hydrogen) atoms. The van der Waals surface area contributed by atoms with Gasteiger partial charge in [0.15, 0.2) is 5.78 Å². The fourth-order valence-electron chi connectivity index (χ4n) is 3.09. The standard InChI is InChI=1S/C17H18O2/c18-15-11-10-12-6-4-5-9-14(12)16(15)17(19)13-7-2-1-3-8-13/h4-6,9-11,13,18H,1-3,7-8H2. The van der Waals surface area contributed by atoms with E-state index in [4.69, 9.17) is 0 Å². The molecule has 1 aliphatic rings. The summed E-state index contributed by atoms with van der Waals surface area (Å²) in [6, 6.07) is 11.3. The molecule has 1 saturated carbocycles. The Morgan fingerprint density at radius 2 is 1.74 bits per heavy atom. The third-order valence-electron chi connectivity index (χ3n) is 4.13. The van der Waals surface area contributed by atoms with Gasteiger partial charge in [-0.15, -0.1) is 0 Å². The van der Waals surface area contributed by atoms with Crippen LogP contribution < -0.4 is 0 Å². The first-order valence-electron chi connectivity index (χ1n) is 7.02. The van der Waals surface area contributed by atoms with Crippen molar-refractivity contribution in [3.05, 3.63) is 42.0 Å². The summed E-state index contributed by atoms with van der Waals surface area (Å²) in [6.07, 6.45) is 5.40. The molecule has 0 radical (unpaired) electrons. The van der Waals surface area contributed by atoms with Crippen molar-refractivity contribution in [1.82, 2.24) is 0 Å². The van der Waals surface area contributed by atoms with Gasteiger partial charge in [0.25, 0.3) is 0 Å². The van der Waals surface area contributed by atoms with Crippen molar-refractivity contribution in [2.75, 3.05) is 0 Å². The number of Topliss-reactive ketones (excluding diaryl/α,β-unsaturated/α-hetero) is 1. The summed E-state index contributed by atoms with van der Waals surface area (Å²) in [5.41, 5.74) is 0.519. The molecule has 0 heterocycles. The van der Waals surface area contributed by atoms with Gasteiger partial charge >= 0.3 is 0 Å². The zero-order chi connectivity index (χ0) is 13.2. The summed E-state index contributed by atoms with van der Waals surface area (Å²) >= 11 is 0. The number of carbonyl (C=O) groups excluding carboxylic acids is 1. The number of rotatable bonds is 2. The van der Waals surface area contributed by atoms with Crippen LogP contribution in [0.3, 0.4) is 0 Å². The van der Waals surface area contributed by atoms with Crippen molar-refractivity contribution in [3.63, 3.8) is 0 Å². The SMILES string of the molecule is O=C(c1c(O)ccc2ccccc12)C1CCCCC1. The van der Waals surface area contributed by atoms with E-state index in [0.717, 1.165) is 36.5 Å². The van der Waals surface area contributed by atoms with Crippen LogP contribution in [0.2, 0.25) is 0 Å². The molecule has 0 atom stereocenters. The number of aromatic hydroxyl groups is 1. The topological polar surface area (TPSA) is 37.3 Å². The summed E-state index contributed by atoms with van der Waals surface area (Å²) in [4.78, 5) is 12.7. The molecule has 0 unspecified atom stereocenters. The van der Waals surface area contributed by atoms with Crippen molar-refractivity contribution in [1.29, 1.82) is 0 Å².